The van der Waals surface area contributed by atoms with Gasteiger partial charge in [0, 0.05) is 30.6 Å². The molecule has 1 aliphatic rings. The molecule has 1 aromatic rings. The highest BCUT2D eigenvalue weighted by Gasteiger charge is 2.27. The summed E-state index contributed by atoms with van der Waals surface area (Å²) < 4.78 is 5.98. The van der Waals surface area contributed by atoms with Gasteiger partial charge in [-0.05, 0) is 33.2 Å². The molecule has 2 rings (SSSR count). The zero-order valence-electron chi connectivity index (χ0n) is 14.0. The summed E-state index contributed by atoms with van der Waals surface area (Å²) in [6.07, 6.45) is 1.19. The molecule has 0 radical (unpaired) electrons. The van der Waals surface area contributed by atoms with Crippen LogP contribution in [-0.2, 0) is 17.7 Å². The third kappa shape index (κ3) is 4.49. The Morgan fingerprint density at radius 1 is 1.38 bits per heavy atom. The van der Waals surface area contributed by atoms with Crippen molar-refractivity contribution >= 4 is 11.3 Å². The second-order valence-corrected chi connectivity index (χ2v) is 7.61. The van der Waals surface area contributed by atoms with Gasteiger partial charge in [-0.3, -0.25) is 4.90 Å². The second-order valence-electron chi connectivity index (χ2n) is 6.50. The van der Waals surface area contributed by atoms with Crippen molar-refractivity contribution in [3.63, 3.8) is 0 Å². The molecule has 1 N–H and O–H groups in total. The van der Waals surface area contributed by atoms with Crippen molar-refractivity contribution in [1.82, 2.24) is 15.2 Å². The van der Waals surface area contributed by atoms with E-state index in [0.29, 0.717) is 12.0 Å². The van der Waals surface area contributed by atoms with E-state index in [1.807, 2.05) is 18.4 Å². The highest BCUT2D eigenvalue weighted by molar-refractivity contribution is 7.11. The summed E-state index contributed by atoms with van der Waals surface area (Å²) >= 11 is 1.82. The van der Waals surface area contributed by atoms with Crippen LogP contribution in [0.5, 0.6) is 0 Å². The fourth-order valence-electron chi connectivity index (χ4n) is 2.67. The fraction of sp³-hybridized carbons (Fsp3) is 0.812. The molecule has 1 aliphatic heterocycles. The first-order valence-corrected chi connectivity index (χ1v) is 8.81. The van der Waals surface area contributed by atoms with Gasteiger partial charge in [-0.25, -0.2) is 4.98 Å². The lowest BCUT2D eigenvalue weighted by molar-refractivity contribution is -0.0403. The Labute approximate surface area is 132 Å². The van der Waals surface area contributed by atoms with Crippen LogP contribution in [0.3, 0.4) is 0 Å². The lowest BCUT2D eigenvalue weighted by Crippen LogP contribution is -2.42. The predicted molar refractivity (Wildman–Crippen MR) is 88.8 cm³/mol. The Kier molecular flexibility index (Phi) is 6.17. The summed E-state index contributed by atoms with van der Waals surface area (Å²) in [6.45, 7) is 12.7. The largest absolute Gasteiger partial charge is 0.368 e. The first-order chi connectivity index (χ1) is 10.0. The van der Waals surface area contributed by atoms with E-state index in [1.165, 1.54) is 10.6 Å². The van der Waals surface area contributed by atoms with E-state index in [1.54, 1.807) is 0 Å². The molecule has 5 heteroatoms. The number of hydrogen-bond acceptors (Lipinski definition) is 5. The van der Waals surface area contributed by atoms with E-state index in [2.05, 4.69) is 37.9 Å². The van der Waals surface area contributed by atoms with Crippen molar-refractivity contribution in [1.29, 1.82) is 0 Å². The van der Waals surface area contributed by atoms with Gasteiger partial charge in [0.1, 0.15) is 11.1 Å². The van der Waals surface area contributed by atoms with E-state index >= 15 is 0 Å². The Morgan fingerprint density at radius 3 is 2.76 bits per heavy atom. The Balaban J connectivity index is 2.15. The first kappa shape index (κ1) is 16.9. The molecule has 1 unspecified atom stereocenters. The van der Waals surface area contributed by atoms with Gasteiger partial charge in [-0.1, -0.05) is 13.8 Å². The van der Waals surface area contributed by atoms with Crippen LogP contribution < -0.4 is 5.32 Å². The van der Waals surface area contributed by atoms with Crippen molar-refractivity contribution in [2.45, 2.75) is 52.8 Å². The van der Waals surface area contributed by atoms with Gasteiger partial charge < -0.3 is 10.1 Å². The highest BCUT2D eigenvalue weighted by atomic mass is 32.1. The van der Waals surface area contributed by atoms with Gasteiger partial charge in [-0.2, -0.15) is 0 Å². The van der Waals surface area contributed by atoms with E-state index in [0.717, 1.165) is 37.7 Å². The molecule has 0 bridgehead atoms. The number of hydrogen-bond donors (Lipinski definition) is 1. The van der Waals surface area contributed by atoms with Crippen LogP contribution in [0.2, 0.25) is 0 Å². The maximum absolute atomic E-state index is 5.98. The maximum Gasteiger partial charge on any atom is 0.123 e. The average Bonchev–Trinajstić information content (AvgIpc) is 2.82. The molecular formula is C16H29N3OS. The molecule has 0 aromatic carbocycles. The zero-order chi connectivity index (χ0) is 15.4. The number of rotatable bonds is 6. The van der Waals surface area contributed by atoms with Gasteiger partial charge in [0.05, 0.1) is 12.3 Å². The molecule has 21 heavy (non-hydrogen) atoms. The molecule has 1 aromatic heterocycles. The quantitative estimate of drug-likeness (QED) is 0.876. The number of nitrogens with zero attached hydrogens (tertiary/aromatic N) is 2. The molecule has 1 saturated heterocycles. The molecule has 1 fully saturated rings. The zero-order valence-corrected chi connectivity index (χ0v) is 14.8. The minimum atomic E-state index is 0.141. The van der Waals surface area contributed by atoms with Crippen molar-refractivity contribution in [2.24, 2.45) is 5.92 Å². The first-order valence-electron chi connectivity index (χ1n) is 8.00. The molecule has 0 saturated carbocycles. The van der Waals surface area contributed by atoms with Crippen LogP contribution in [0, 0.1) is 5.92 Å². The predicted octanol–water partition coefficient (Wildman–Crippen LogP) is 2.84. The Bertz CT molecular complexity index is 445. The van der Waals surface area contributed by atoms with Crippen LogP contribution in [0.1, 0.15) is 49.4 Å². The molecule has 4 nitrogen and oxygen atoms in total. The molecule has 0 spiro atoms. The molecule has 1 atom stereocenters. The molecular weight excluding hydrogens is 282 g/mol. The lowest BCUT2D eigenvalue weighted by Gasteiger charge is -2.34. The monoisotopic (exact) mass is 311 g/mol. The number of morpholine rings is 1. The van der Waals surface area contributed by atoms with Gasteiger partial charge in [0.15, 0.2) is 0 Å². The topological polar surface area (TPSA) is 37.4 Å². The standard InChI is InChI=1S/C16H29N3OS/c1-11(2)8-13-15(9-17-5)21-16(18-13)14-10-19(12(3)4)6-7-20-14/h11-12,14,17H,6-10H2,1-5H3. The van der Waals surface area contributed by atoms with E-state index in [9.17, 15) is 0 Å². The summed E-state index contributed by atoms with van der Waals surface area (Å²) in [5.74, 6) is 0.634. The number of aromatic nitrogens is 1. The van der Waals surface area contributed by atoms with E-state index in [-0.39, 0.29) is 6.10 Å². The smallest absolute Gasteiger partial charge is 0.123 e. The third-order valence-corrected chi connectivity index (χ3v) is 5.03. The van der Waals surface area contributed by atoms with Gasteiger partial charge >= 0.3 is 0 Å². The van der Waals surface area contributed by atoms with Crippen molar-refractivity contribution in [3.8, 4) is 0 Å². The highest BCUT2D eigenvalue weighted by Crippen LogP contribution is 2.30. The normalized spacial score (nSPS) is 20.6. The number of ether oxygens (including phenoxy) is 1. The lowest BCUT2D eigenvalue weighted by atomic mass is 10.1. The van der Waals surface area contributed by atoms with E-state index in [4.69, 9.17) is 9.72 Å². The van der Waals surface area contributed by atoms with Crippen molar-refractivity contribution in [3.05, 3.63) is 15.6 Å². The van der Waals surface area contributed by atoms with Crippen LogP contribution in [-0.4, -0.2) is 42.7 Å². The number of nitrogens with one attached hydrogen (secondary N) is 1. The SMILES string of the molecule is CNCc1sc(C2CN(C(C)C)CCO2)nc1CC(C)C. The van der Waals surface area contributed by atoms with Gasteiger partial charge in [0.25, 0.3) is 0 Å². The maximum atomic E-state index is 5.98. The second kappa shape index (κ2) is 7.68. The summed E-state index contributed by atoms with van der Waals surface area (Å²) in [5, 5.41) is 4.41. The van der Waals surface area contributed by atoms with Crippen LogP contribution >= 0.6 is 11.3 Å². The summed E-state index contributed by atoms with van der Waals surface area (Å²) in [4.78, 5) is 8.76. The van der Waals surface area contributed by atoms with Crippen molar-refractivity contribution in [2.75, 3.05) is 26.7 Å². The van der Waals surface area contributed by atoms with Gasteiger partial charge in [-0.15, -0.1) is 11.3 Å². The van der Waals surface area contributed by atoms with Crippen LogP contribution in [0.25, 0.3) is 0 Å². The molecule has 120 valence electrons. The summed E-state index contributed by atoms with van der Waals surface area (Å²) in [7, 11) is 2.00. The average molecular weight is 311 g/mol. The molecule has 0 aliphatic carbocycles. The van der Waals surface area contributed by atoms with E-state index < -0.39 is 0 Å². The minimum Gasteiger partial charge on any atom is -0.368 e. The molecule has 2 heterocycles. The Hall–Kier alpha value is -0.490. The van der Waals surface area contributed by atoms with Crippen LogP contribution in [0.15, 0.2) is 0 Å². The summed E-state index contributed by atoms with van der Waals surface area (Å²) in [5.41, 5.74) is 1.25. The third-order valence-electron chi connectivity index (χ3n) is 3.84. The van der Waals surface area contributed by atoms with Gasteiger partial charge in [0.2, 0.25) is 0 Å². The van der Waals surface area contributed by atoms with Crippen LogP contribution in [0.4, 0.5) is 0 Å². The summed E-state index contributed by atoms with van der Waals surface area (Å²) in [6, 6.07) is 0.572. The Morgan fingerprint density at radius 2 is 2.14 bits per heavy atom. The fourth-order valence-corrected chi connectivity index (χ4v) is 3.82. The molecule has 0 amide bonds. The number of thiazole rings is 1. The minimum absolute atomic E-state index is 0.141. The van der Waals surface area contributed by atoms with Crippen molar-refractivity contribution < 1.29 is 4.74 Å².